The maximum Gasteiger partial charge on any atom is 0.311 e. The monoisotopic (exact) mass is 400 g/mol. The van der Waals surface area contributed by atoms with Gasteiger partial charge in [0, 0.05) is 0 Å². The molecule has 0 aromatic heterocycles. The summed E-state index contributed by atoms with van der Waals surface area (Å²) in [7, 11) is 2.95. The molecule has 168 valence electrons. The van der Waals surface area contributed by atoms with Crippen molar-refractivity contribution in [1.82, 2.24) is 0 Å². The first-order valence-corrected chi connectivity index (χ1v) is 10.8. The molecule has 0 spiro atoms. The predicted octanol–water partition coefficient (Wildman–Crippen LogP) is 6.52. The summed E-state index contributed by atoms with van der Waals surface area (Å²) in [6.07, 6.45) is 3.60. The van der Waals surface area contributed by atoms with Crippen molar-refractivity contribution in [3.63, 3.8) is 0 Å². The summed E-state index contributed by atoms with van der Waals surface area (Å²) in [5.41, 5.74) is -0.617. The third-order valence-corrected chi connectivity index (χ3v) is 4.79. The van der Waals surface area contributed by atoms with Gasteiger partial charge in [-0.2, -0.15) is 0 Å². The molecule has 0 aromatic carbocycles. The summed E-state index contributed by atoms with van der Waals surface area (Å²) in [6, 6.07) is 0. The van der Waals surface area contributed by atoms with Crippen LogP contribution < -0.4 is 0 Å². The molecule has 0 aromatic rings. The zero-order chi connectivity index (χ0) is 22.7. The molecule has 0 bridgehead atoms. The Bertz CT molecular complexity index is 388. The second-order valence-electron chi connectivity index (χ2n) is 10.5. The van der Waals surface area contributed by atoms with E-state index in [1.54, 1.807) is 0 Å². The Morgan fingerprint density at radius 1 is 0.571 bits per heavy atom. The number of ether oxygens (including phenoxy) is 2. The lowest BCUT2D eigenvalue weighted by molar-refractivity contribution is -0.154. The minimum Gasteiger partial charge on any atom is -0.469 e. The van der Waals surface area contributed by atoms with E-state index >= 15 is 0 Å². The maximum absolute atomic E-state index is 11.7. The van der Waals surface area contributed by atoms with Crippen molar-refractivity contribution in [2.75, 3.05) is 14.2 Å². The molecule has 0 amide bonds. The smallest absolute Gasteiger partial charge is 0.311 e. The van der Waals surface area contributed by atoms with Crippen LogP contribution in [0.25, 0.3) is 0 Å². The first-order chi connectivity index (χ1) is 12.6. The van der Waals surface area contributed by atoms with E-state index in [0.717, 1.165) is 25.7 Å². The van der Waals surface area contributed by atoms with Crippen molar-refractivity contribution < 1.29 is 19.1 Å². The molecule has 0 saturated heterocycles. The number of methoxy groups -OCH3 is 2. The molecular weight excluding hydrogens is 352 g/mol. The van der Waals surface area contributed by atoms with Crippen molar-refractivity contribution in [1.29, 1.82) is 0 Å². The van der Waals surface area contributed by atoms with Gasteiger partial charge < -0.3 is 9.47 Å². The lowest BCUT2D eigenvalue weighted by Gasteiger charge is -2.30. The Morgan fingerprint density at radius 2 is 0.750 bits per heavy atom. The van der Waals surface area contributed by atoms with Crippen LogP contribution in [0.15, 0.2) is 0 Å². The SMILES string of the molecule is COC(=O)C(C)(CC(C)C)CC(C)C.COC(=O)C(C)(CC(C)C)CC(C)C. The standard InChI is InChI=1S/2C12H24O2/c2*1-9(2)7-12(5,8-10(3)4)11(13)14-6/h2*9-10H,7-8H2,1-6H3. The van der Waals surface area contributed by atoms with E-state index < -0.39 is 0 Å². The van der Waals surface area contributed by atoms with Gasteiger partial charge in [-0.1, -0.05) is 55.4 Å². The van der Waals surface area contributed by atoms with Crippen LogP contribution >= 0.6 is 0 Å². The summed E-state index contributed by atoms with van der Waals surface area (Å²) >= 11 is 0. The quantitative estimate of drug-likeness (QED) is 0.392. The minimum absolute atomic E-state index is 0.0695. The second kappa shape index (κ2) is 13.2. The van der Waals surface area contributed by atoms with Crippen LogP contribution in [0, 0.1) is 34.5 Å². The van der Waals surface area contributed by atoms with E-state index in [1.807, 2.05) is 13.8 Å². The second-order valence-corrected chi connectivity index (χ2v) is 10.5. The topological polar surface area (TPSA) is 52.6 Å². The van der Waals surface area contributed by atoms with Gasteiger partial charge in [0.15, 0.2) is 0 Å². The average Bonchev–Trinajstić information content (AvgIpc) is 2.50. The predicted molar refractivity (Wildman–Crippen MR) is 118 cm³/mol. The molecule has 0 radical (unpaired) electrons. The van der Waals surface area contributed by atoms with Gasteiger partial charge in [0.1, 0.15) is 0 Å². The number of esters is 2. The fraction of sp³-hybridized carbons (Fsp3) is 0.917. The van der Waals surface area contributed by atoms with Gasteiger partial charge in [-0.3, -0.25) is 9.59 Å². The normalized spacial score (nSPS) is 12.3. The Balaban J connectivity index is 0. The van der Waals surface area contributed by atoms with E-state index in [-0.39, 0.29) is 22.8 Å². The molecule has 0 aliphatic carbocycles. The summed E-state index contributed by atoms with van der Waals surface area (Å²) in [5.74, 6) is 1.96. The highest BCUT2D eigenvalue weighted by molar-refractivity contribution is 5.76. The number of hydrogen-bond donors (Lipinski definition) is 0. The van der Waals surface area contributed by atoms with Crippen LogP contribution in [0.2, 0.25) is 0 Å². The summed E-state index contributed by atoms with van der Waals surface area (Å²) in [4.78, 5) is 23.4. The first-order valence-electron chi connectivity index (χ1n) is 10.8. The van der Waals surface area contributed by atoms with Crippen LogP contribution in [-0.4, -0.2) is 26.2 Å². The molecule has 4 nitrogen and oxygen atoms in total. The van der Waals surface area contributed by atoms with Crippen molar-refractivity contribution in [3.8, 4) is 0 Å². The molecule has 0 fully saturated rings. The molecule has 0 aliphatic heterocycles. The van der Waals surface area contributed by atoms with Gasteiger partial charge in [0.2, 0.25) is 0 Å². The zero-order valence-corrected chi connectivity index (χ0v) is 20.8. The van der Waals surface area contributed by atoms with Crippen LogP contribution in [0.5, 0.6) is 0 Å². The van der Waals surface area contributed by atoms with Crippen molar-refractivity contribution in [2.24, 2.45) is 34.5 Å². The van der Waals surface area contributed by atoms with Gasteiger partial charge in [-0.15, -0.1) is 0 Å². The molecule has 0 N–H and O–H groups in total. The Hall–Kier alpha value is -1.06. The third kappa shape index (κ3) is 11.7. The third-order valence-electron chi connectivity index (χ3n) is 4.79. The molecule has 0 rings (SSSR count). The van der Waals surface area contributed by atoms with Crippen molar-refractivity contribution >= 4 is 11.9 Å². The molecule has 28 heavy (non-hydrogen) atoms. The van der Waals surface area contributed by atoms with E-state index in [9.17, 15) is 9.59 Å². The van der Waals surface area contributed by atoms with Crippen molar-refractivity contribution in [3.05, 3.63) is 0 Å². The zero-order valence-electron chi connectivity index (χ0n) is 20.8. The van der Waals surface area contributed by atoms with Crippen LogP contribution in [-0.2, 0) is 19.1 Å². The van der Waals surface area contributed by atoms with Gasteiger partial charge in [0.05, 0.1) is 25.0 Å². The molecule has 0 saturated carbocycles. The minimum atomic E-state index is -0.308. The molecule has 0 unspecified atom stereocenters. The number of carbonyl (C=O) groups excluding carboxylic acids is 2. The van der Waals surface area contributed by atoms with E-state index in [4.69, 9.17) is 9.47 Å². The van der Waals surface area contributed by atoms with E-state index in [1.165, 1.54) is 14.2 Å². The number of rotatable bonds is 10. The van der Waals surface area contributed by atoms with Gasteiger partial charge in [0.25, 0.3) is 0 Å². The highest BCUT2D eigenvalue weighted by Gasteiger charge is 2.36. The van der Waals surface area contributed by atoms with E-state index in [0.29, 0.717) is 23.7 Å². The molecule has 0 atom stereocenters. The average molecular weight is 401 g/mol. The first kappa shape index (κ1) is 29.1. The summed E-state index contributed by atoms with van der Waals surface area (Å²) in [6.45, 7) is 21.1. The lowest BCUT2D eigenvalue weighted by atomic mass is 9.76. The largest absolute Gasteiger partial charge is 0.469 e. The fourth-order valence-electron chi connectivity index (χ4n) is 4.60. The van der Waals surface area contributed by atoms with Crippen molar-refractivity contribution in [2.45, 2.75) is 94.9 Å². The Kier molecular flexibility index (Phi) is 13.8. The van der Waals surface area contributed by atoms with Crippen LogP contribution in [0.4, 0.5) is 0 Å². The van der Waals surface area contributed by atoms with Gasteiger partial charge in [-0.25, -0.2) is 0 Å². The Morgan fingerprint density at radius 3 is 0.857 bits per heavy atom. The van der Waals surface area contributed by atoms with Gasteiger partial charge in [-0.05, 0) is 63.2 Å². The summed E-state index contributed by atoms with van der Waals surface area (Å²) in [5, 5.41) is 0. The molecular formula is C24H48O4. The number of carbonyl (C=O) groups is 2. The molecule has 4 heteroatoms. The van der Waals surface area contributed by atoms with E-state index in [2.05, 4.69) is 55.4 Å². The maximum atomic E-state index is 11.7. The highest BCUT2D eigenvalue weighted by Crippen LogP contribution is 2.35. The summed E-state index contributed by atoms with van der Waals surface area (Å²) < 4.78 is 9.76. The molecule has 0 heterocycles. The molecule has 0 aliphatic rings. The fourth-order valence-corrected chi connectivity index (χ4v) is 4.60. The van der Waals surface area contributed by atoms with Crippen LogP contribution in [0.3, 0.4) is 0 Å². The number of hydrogen-bond acceptors (Lipinski definition) is 4. The van der Waals surface area contributed by atoms with Crippen LogP contribution in [0.1, 0.15) is 94.9 Å². The van der Waals surface area contributed by atoms with Gasteiger partial charge >= 0.3 is 11.9 Å². The Labute approximate surface area is 175 Å². The highest BCUT2D eigenvalue weighted by atomic mass is 16.5. The lowest BCUT2D eigenvalue weighted by Crippen LogP contribution is -2.32.